The monoisotopic (exact) mass is 506 g/mol. The summed E-state index contributed by atoms with van der Waals surface area (Å²) in [7, 11) is 1.33. The van der Waals surface area contributed by atoms with Crippen LogP contribution in [0.3, 0.4) is 0 Å². The first-order valence-corrected chi connectivity index (χ1v) is 11.6. The maximum absolute atomic E-state index is 13.0. The van der Waals surface area contributed by atoms with Gasteiger partial charge in [0.2, 0.25) is 0 Å². The number of benzene rings is 3. The highest BCUT2D eigenvalue weighted by Gasteiger charge is 2.54. The third-order valence-corrected chi connectivity index (χ3v) is 5.76. The number of hydrogen-bond donors (Lipinski definition) is 1. The van der Waals surface area contributed by atoms with Crippen LogP contribution in [-0.2, 0) is 23.7 Å². The van der Waals surface area contributed by atoms with Gasteiger partial charge >= 0.3 is 17.9 Å². The molecule has 0 unspecified atom stereocenters. The van der Waals surface area contributed by atoms with Gasteiger partial charge in [-0.1, -0.05) is 54.6 Å². The molecule has 192 valence electrons. The maximum Gasteiger partial charge on any atom is 0.338 e. The van der Waals surface area contributed by atoms with Crippen LogP contribution in [-0.4, -0.2) is 67.4 Å². The summed E-state index contributed by atoms with van der Waals surface area (Å²) in [5.41, 5.74) is 0.771. The zero-order valence-corrected chi connectivity index (χ0v) is 20.0. The molecule has 3 aromatic carbocycles. The molecule has 1 saturated heterocycles. The highest BCUT2D eigenvalue weighted by Crippen LogP contribution is 2.32. The van der Waals surface area contributed by atoms with Crippen LogP contribution in [0.1, 0.15) is 31.1 Å². The summed E-state index contributed by atoms with van der Waals surface area (Å²) < 4.78 is 28.2. The Kier molecular flexibility index (Phi) is 8.63. The Morgan fingerprint density at radius 1 is 0.730 bits per heavy atom. The average Bonchev–Trinajstić information content (AvgIpc) is 3.29. The van der Waals surface area contributed by atoms with Gasteiger partial charge in [0.05, 0.1) is 23.3 Å². The summed E-state index contributed by atoms with van der Waals surface area (Å²) in [6, 6.07) is 24.6. The molecule has 0 spiro atoms. The van der Waals surface area contributed by atoms with Crippen molar-refractivity contribution >= 4 is 17.9 Å². The molecular weight excluding hydrogens is 480 g/mol. The Morgan fingerprint density at radius 2 is 1.16 bits per heavy atom. The Morgan fingerprint density at radius 3 is 1.59 bits per heavy atom. The SMILES string of the molecule is CO[C@@H]1O[C@@H]([C@H](CO)OC(=O)c2ccccc2)[C@H](OC(=O)c2ccccc2)[C@H]1OC(=O)c1ccccc1. The van der Waals surface area contributed by atoms with Crippen LogP contribution in [0.2, 0.25) is 0 Å². The van der Waals surface area contributed by atoms with E-state index in [1.807, 2.05) is 0 Å². The number of aliphatic hydroxyl groups excluding tert-OH is 1. The molecule has 0 saturated carbocycles. The van der Waals surface area contributed by atoms with E-state index in [9.17, 15) is 19.5 Å². The second-order valence-corrected chi connectivity index (χ2v) is 8.17. The standard InChI is InChI=1S/C28H26O9/c1-33-28-24(36-27(32)20-15-9-4-10-16-20)23(35-26(31)19-13-7-3-8-14-19)22(37-28)21(17-29)34-25(30)18-11-5-2-6-12-18/h2-16,21-24,28-29H,17H2,1H3/t21-,22-,23-,24+,28+/m0/s1. The number of carbonyl (C=O) groups excluding carboxylic acids is 3. The highest BCUT2D eigenvalue weighted by atomic mass is 16.7. The van der Waals surface area contributed by atoms with Gasteiger partial charge in [-0.15, -0.1) is 0 Å². The van der Waals surface area contributed by atoms with Gasteiger partial charge in [-0.05, 0) is 36.4 Å². The van der Waals surface area contributed by atoms with Crippen molar-refractivity contribution < 1.29 is 43.2 Å². The van der Waals surface area contributed by atoms with Gasteiger partial charge in [0.15, 0.2) is 24.6 Å². The fourth-order valence-electron chi connectivity index (χ4n) is 3.92. The van der Waals surface area contributed by atoms with Crippen molar-refractivity contribution in [2.75, 3.05) is 13.7 Å². The van der Waals surface area contributed by atoms with Crippen molar-refractivity contribution in [2.24, 2.45) is 0 Å². The van der Waals surface area contributed by atoms with Crippen molar-refractivity contribution in [2.45, 2.75) is 30.7 Å². The lowest BCUT2D eigenvalue weighted by atomic mass is 10.0. The zero-order chi connectivity index (χ0) is 26.2. The molecule has 37 heavy (non-hydrogen) atoms. The fraction of sp³-hybridized carbons (Fsp3) is 0.250. The lowest BCUT2D eigenvalue weighted by Crippen LogP contribution is -2.46. The summed E-state index contributed by atoms with van der Waals surface area (Å²) in [6.45, 7) is -0.654. The Bertz CT molecular complexity index is 1180. The van der Waals surface area contributed by atoms with Gasteiger partial charge in [-0.2, -0.15) is 0 Å². The van der Waals surface area contributed by atoms with Crippen LogP contribution in [0, 0.1) is 0 Å². The van der Waals surface area contributed by atoms with E-state index in [-0.39, 0.29) is 16.7 Å². The number of aliphatic hydroxyl groups is 1. The molecule has 9 nitrogen and oxygen atoms in total. The molecule has 4 rings (SSSR count). The number of esters is 3. The number of ether oxygens (including phenoxy) is 5. The first-order valence-electron chi connectivity index (χ1n) is 11.6. The molecule has 3 aromatic rings. The second-order valence-electron chi connectivity index (χ2n) is 8.17. The predicted octanol–water partition coefficient (Wildman–Crippen LogP) is 3.03. The average molecular weight is 507 g/mol. The maximum atomic E-state index is 13.0. The van der Waals surface area contributed by atoms with E-state index in [0.29, 0.717) is 0 Å². The third kappa shape index (κ3) is 6.21. The smallest absolute Gasteiger partial charge is 0.338 e. The molecule has 0 amide bonds. The third-order valence-electron chi connectivity index (χ3n) is 5.76. The van der Waals surface area contributed by atoms with Gasteiger partial charge in [0, 0.05) is 7.11 Å². The molecule has 1 heterocycles. The molecule has 0 aromatic heterocycles. The van der Waals surface area contributed by atoms with Crippen LogP contribution in [0.25, 0.3) is 0 Å². The van der Waals surface area contributed by atoms with Gasteiger partial charge in [-0.3, -0.25) is 0 Å². The van der Waals surface area contributed by atoms with E-state index >= 15 is 0 Å². The fourth-order valence-corrected chi connectivity index (χ4v) is 3.92. The zero-order valence-electron chi connectivity index (χ0n) is 20.0. The predicted molar refractivity (Wildman–Crippen MR) is 130 cm³/mol. The van der Waals surface area contributed by atoms with Gasteiger partial charge in [0.25, 0.3) is 0 Å². The van der Waals surface area contributed by atoms with Crippen LogP contribution < -0.4 is 0 Å². The topological polar surface area (TPSA) is 118 Å². The van der Waals surface area contributed by atoms with Crippen molar-refractivity contribution in [3.8, 4) is 0 Å². The molecule has 1 aliphatic heterocycles. The number of hydrogen-bond acceptors (Lipinski definition) is 9. The molecule has 9 heteroatoms. The van der Waals surface area contributed by atoms with Crippen molar-refractivity contribution in [3.05, 3.63) is 108 Å². The first-order chi connectivity index (χ1) is 18.0. The molecule has 0 radical (unpaired) electrons. The number of rotatable bonds is 9. The largest absolute Gasteiger partial charge is 0.453 e. The van der Waals surface area contributed by atoms with Gasteiger partial charge in [-0.25, -0.2) is 14.4 Å². The summed E-state index contributed by atoms with van der Waals surface area (Å²) in [5.74, 6) is -2.13. The Balaban J connectivity index is 1.62. The van der Waals surface area contributed by atoms with E-state index < -0.39 is 55.2 Å². The number of methoxy groups -OCH3 is 1. The van der Waals surface area contributed by atoms with Crippen molar-refractivity contribution in [1.82, 2.24) is 0 Å². The quantitative estimate of drug-likeness (QED) is 0.345. The van der Waals surface area contributed by atoms with E-state index in [4.69, 9.17) is 23.7 Å². The summed E-state index contributed by atoms with van der Waals surface area (Å²) in [4.78, 5) is 38.5. The minimum Gasteiger partial charge on any atom is -0.453 e. The molecule has 5 atom stereocenters. The number of carbonyl (C=O) groups is 3. The molecule has 1 fully saturated rings. The van der Waals surface area contributed by atoms with Gasteiger partial charge in [0.1, 0.15) is 6.10 Å². The lowest BCUT2D eigenvalue weighted by Gasteiger charge is -2.27. The van der Waals surface area contributed by atoms with E-state index in [0.717, 1.165) is 0 Å². The lowest BCUT2D eigenvalue weighted by molar-refractivity contribution is -0.168. The Labute approximate surface area is 213 Å². The summed E-state index contributed by atoms with van der Waals surface area (Å²) in [5, 5.41) is 10.1. The minimum atomic E-state index is -1.27. The van der Waals surface area contributed by atoms with Gasteiger partial charge < -0.3 is 28.8 Å². The van der Waals surface area contributed by atoms with E-state index in [1.165, 1.54) is 7.11 Å². The highest BCUT2D eigenvalue weighted by molar-refractivity contribution is 5.91. The molecule has 1 aliphatic rings. The second kappa shape index (κ2) is 12.3. The van der Waals surface area contributed by atoms with E-state index in [2.05, 4.69) is 0 Å². The Hall–Kier alpha value is -4.05. The first kappa shape index (κ1) is 26.0. The normalized spacial score (nSPS) is 21.6. The van der Waals surface area contributed by atoms with Crippen molar-refractivity contribution in [3.63, 3.8) is 0 Å². The van der Waals surface area contributed by atoms with Crippen LogP contribution in [0.15, 0.2) is 91.0 Å². The molecule has 0 aliphatic carbocycles. The summed E-state index contributed by atoms with van der Waals surface area (Å²) in [6.07, 6.45) is -6.13. The molecule has 1 N–H and O–H groups in total. The van der Waals surface area contributed by atoms with Crippen LogP contribution in [0.4, 0.5) is 0 Å². The van der Waals surface area contributed by atoms with E-state index in [1.54, 1.807) is 91.0 Å². The molecule has 0 bridgehead atoms. The molecular formula is C28H26O9. The van der Waals surface area contributed by atoms with Crippen LogP contribution in [0.5, 0.6) is 0 Å². The minimum absolute atomic E-state index is 0.247. The van der Waals surface area contributed by atoms with Crippen molar-refractivity contribution in [1.29, 1.82) is 0 Å². The summed E-state index contributed by atoms with van der Waals surface area (Å²) >= 11 is 0. The van der Waals surface area contributed by atoms with Crippen LogP contribution >= 0.6 is 0 Å².